The van der Waals surface area contributed by atoms with E-state index < -0.39 is 0 Å². The van der Waals surface area contributed by atoms with Crippen LogP contribution in [0.5, 0.6) is 0 Å². The summed E-state index contributed by atoms with van der Waals surface area (Å²) in [6, 6.07) is 0.662. The van der Waals surface area contributed by atoms with Crippen LogP contribution < -0.4 is 0 Å². The molecule has 0 aromatic heterocycles. The average molecular weight is 156 g/mol. The minimum Gasteiger partial charge on any atom is -0.301 e. The van der Waals surface area contributed by atoms with Crippen LogP contribution in [0.25, 0.3) is 0 Å². The molecule has 0 saturated carbocycles. The largest absolute Gasteiger partial charge is 0.301 e. The molecular weight excluding hydrogens is 134 g/mol. The van der Waals surface area contributed by atoms with Crippen molar-refractivity contribution in [3.63, 3.8) is 0 Å². The molecule has 0 aromatic carbocycles. The fourth-order valence-electron chi connectivity index (χ4n) is 1.31. The van der Waals surface area contributed by atoms with Crippen molar-refractivity contribution in [2.24, 2.45) is 0 Å². The van der Waals surface area contributed by atoms with Crippen molar-refractivity contribution in [2.45, 2.75) is 46.1 Å². The Labute approximate surface area is 71.8 Å². The molecule has 0 bridgehead atoms. The zero-order valence-corrected chi connectivity index (χ0v) is 8.27. The van der Waals surface area contributed by atoms with Gasteiger partial charge in [0.2, 0.25) is 0 Å². The van der Waals surface area contributed by atoms with Crippen LogP contribution in [0.2, 0.25) is 0 Å². The Hall–Kier alpha value is -0.0400. The Kier molecular flexibility index (Phi) is 6.63. The van der Waals surface area contributed by atoms with E-state index in [0.717, 1.165) is 6.42 Å². The van der Waals surface area contributed by atoms with Crippen molar-refractivity contribution >= 4 is 0 Å². The number of hydrogen-bond acceptors (Lipinski definition) is 1. The smallest absolute Gasteiger partial charge is 0.00669 e. The monoisotopic (exact) mass is 156 g/mol. The van der Waals surface area contributed by atoms with Crippen LogP contribution in [0.15, 0.2) is 0 Å². The molecule has 0 aromatic rings. The van der Waals surface area contributed by atoms with E-state index in [4.69, 9.17) is 0 Å². The fraction of sp³-hybridized carbons (Fsp3) is 0.900. The lowest BCUT2D eigenvalue weighted by atomic mass is 10.2. The summed E-state index contributed by atoms with van der Waals surface area (Å²) in [5.41, 5.74) is 0. The Morgan fingerprint density at radius 2 is 1.64 bits per heavy atom. The van der Waals surface area contributed by atoms with Crippen LogP contribution in [0.4, 0.5) is 0 Å². The third-order valence-corrected chi connectivity index (χ3v) is 2.06. The third-order valence-electron chi connectivity index (χ3n) is 2.06. The van der Waals surface area contributed by atoms with Gasteiger partial charge in [0, 0.05) is 6.04 Å². The Bertz CT molecular complexity index is 74.9. The second kappa shape index (κ2) is 6.66. The molecular formula is C10H22N. The number of hydrogen-bond donors (Lipinski definition) is 0. The molecule has 1 heteroatoms. The molecule has 0 aliphatic rings. The van der Waals surface area contributed by atoms with E-state index in [1.807, 2.05) is 0 Å². The van der Waals surface area contributed by atoms with E-state index in [1.165, 1.54) is 25.9 Å². The summed E-state index contributed by atoms with van der Waals surface area (Å²) in [7, 11) is 0. The van der Waals surface area contributed by atoms with Gasteiger partial charge in [-0.25, -0.2) is 0 Å². The van der Waals surface area contributed by atoms with Gasteiger partial charge in [0.1, 0.15) is 0 Å². The fourth-order valence-corrected chi connectivity index (χ4v) is 1.31. The average Bonchev–Trinajstić information content (AvgIpc) is 2.03. The van der Waals surface area contributed by atoms with Gasteiger partial charge in [-0.05, 0) is 39.3 Å². The summed E-state index contributed by atoms with van der Waals surface area (Å²) in [4.78, 5) is 2.52. The highest BCUT2D eigenvalue weighted by Gasteiger charge is 2.08. The molecule has 1 atom stereocenters. The SMILES string of the molecule is [CH2]CC(C)N(CCC)CCC. The van der Waals surface area contributed by atoms with Crippen LogP contribution in [0.1, 0.15) is 40.0 Å². The molecule has 0 aliphatic carbocycles. The number of rotatable bonds is 6. The van der Waals surface area contributed by atoms with Gasteiger partial charge in [-0.3, -0.25) is 0 Å². The molecule has 0 aliphatic heterocycles. The third kappa shape index (κ3) is 4.41. The van der Waals surface area contributed by atoms with Crippen molar-refractivity contribution in [1.82, 2.24) is 4.90 Å². The summed E-state index contributed by atoms with van der Waals surface area (Å²) in [6.45, 7) is 13.1. The van der Waals surface area contributed by atoms with Crippen molar-refractivity contribution in [3.05, 3.63) is 6.92 Å². The Morgan fingerprint density at radius 1 is 1.18 bits per heavy atom. The first kappa shape index (κ1) is 11.0. The Balaban J connectivity index is 3.66. The van der Waals surface area contributed by atoms with Gasteiger partial charge >= 0.3 is 0 Å². The lowest BCUT2D eigenvalue weighted by molar-refractivity contribution is 0.210. The first-order valence-electron chi connectivity index (χ1n) is 4.79. The van der Waals surface area contributed by atoms with E-state index in [0.29, 0.717) is 6.04 Å². The van der Waals surface area contributed by atoms with Crippen LogP contribution in [-0.2, 0) is 0 Å². The summed E-state index contributed by atoms with van der Waals surface area (Å²) < 4.78 is 0. The maximum atomic E-state index is 3.93. The normalized spacial score (nSPS) is 13.9. The maximum Gasteiger partial charge on any atom is 0.00669 e. The van der Waals surface area contributed by atoms with Crippen LogP contribution >= 0.6 is 0 Å². The summed E-state index contributed by atoms with van der Waals surface area (Å²) in [6.07, 6.45) is 3.54. The van der Waals surface area contributed by atoms with Crippen LogP contribution in [0.3, 0.4) is 0 Å². The van der Waals surface area contributed by atoms with Gasteiger partial charge in [-0.15, -0.1) is 0 Å². The van der Waals surface area contributed by atoms with Gasteiger partial charge in [-0.2, -0.15) is 0 Å². The van der Waals surface area contributed by atoms with E-state index >= 15 is 0 Å². The van der Waals surface area contributed by atoms with E-state index in [1.54, 1.807) is 0 Å². The van der Waals surface area contributed by atoms with Crippen molar-refractivity contribution in [1.29, 1.82) is 0 Å². The molecule has 1 nitrogen and oxygen atoms in total. The summed E-state index contributed by atoms with van der Waals surface area (Å²) in [5, 5.41) is 0. The highest BCUT2D eigenvalue weighted by molar-refractivity contribution is 4.66. The highest BCUT2D eigenvalue weighted by atomic mass is 15.1. The zero-order chi connectivity index (χ0) is 8.69. The van der Waals surface area contributed by atoms with Gasteiger partial charge in [0.25, 0.3) is 0 Å². The first-order valence-corrected chi connectivity index (χ1v) is 4.79. The molecule has 0 heterocycles. The van der Waals surface area contributed by atoms with E-state index in [2.05, 4.69) is 32.6 Å². The van der Waals surface area contributed by atoms with Crippen molar-refractivity contribution < 1.29 is 0 Å². The van der Waals surface area contributed by atoms with Crippen molar-refractivity contribution in [2.75, 3.05) is 13.1 Å². The Morgan fingerprint density at radius 3 is 1.91 bits per heavy atom. The minimum absolute atomic E-state index is 0.662. The topological polar surface area (TPSA) is 3.24 Å². The lowest BCUT2D eigenvalue weighted by Gasteiger charge is -2.27. The molecule has 0 rings (SSSR count). The maximum absolute atomic E-state index is 3.93. The highest BCUT2D eigenvalue weighted by Crippen LogP contribution is 2.04. The molecule has 0 amide bonds. The molecule has 0 N–H and O–H groups in total. The quantitative estimate of drug-likeness (QED) is 0.571. The molecule has 11 heavy (non-hydrogen) atoms. The predicted molar refractivity (Wildman–Crippen MR) is 51.6 cm³/mol. The van der Waals surface area contributed by atoms with Crippen molar-refractivity contribution in [3.8, 4) is 0 Å². The lowest BCUT2D eigenvalue weighted by Crippen LogP contribution is -2.33. The van der Waals surface area contributed by atoms with Gasteiger partial charge in [-0.1, -0.05) is 20.8 Å². The molecule has 0 spiro atoms. The minimum atomic E-state index is 0.662. The second-order valence-electron chi connectivity index (χ2n) is 3.17. The zero-order valence-electron chi connectivity index (χ0n) is 8.27. The van der Waals surface area contributed by atoms with Gasteiger partial charge in [0.05, 0.1) is 0 Å². The summed E-state index contributed by atoms with van der Waals surface area (Å²) >= 11 is 0. The van der Waals surface area contributed by atoms with Gasteiger partial charge in [0.15, 0.2) is 0 Å². The molecule has 1 unspecified atom stereocenters. The second-order valence-corrected chi connectivity index (χ2v) is 3.17. The van der Waals surface area contributed by atoms with E-state index in [9.17, 15) is 0 Å². The molecule has 0 fully saturated rings. The first-order chi connectivity index (χ1) is 5.26. The predicted octanol–water partition coefficient (Wildman–Crippen LogP) is 2.72. The van der Waals surface area contributed by atoms with E-state index in [-0.39, 0.29) is 0 Å². The van der Waals surface area contributed by atoms with Crippen LogP contribution in [0, 0.1) is 6.92 Å². The van der Waals surface area contributed by atoms with Crippen LogP contribution in [-0.4, -0.2) is 24.0 Å². The summed E-state index contributed by atoms with van der Waals surface area (Å²) in [5.74, 6) is 0. The molecule has 0 saturated heterocycles. The standard InChI is InChI=1S/C10H22N/c1-5-8-11(9-6-2)10(4)7-3/h10H,3,5-9H2,1-2,4H3. The molecule has 67 valence electrons. The van der Waals surface area contributed by atoms with Gasteiger partial charge < -0.3 is 4.90 Å². The molecule has 1 radical (unpaired) electrons. The number of nitrogens with zero attached hydrogens (tertiary/aromatic N) is 1.